The van der Waals surface area contributed by atoms with Crippen LogP contribution in [-0.4, -0.2) is 29.6 Å². The molecule has 0 radical (unpaired) electrons. The first-order valence-electron chi connectivity index (χ1n) is 5.16. The quantitative estimate of drug-likeness (QED) is 0.703. The molecule has 3 N–H and O–H groups in total. The maximum atomic E-state index is 10.7. The van der Waals surface area contributed by atoms with Gasteiger partial charge in [-0.15, -0.1) is 0 Å². The third-order valence-electron chi connectivity index (χ3n) is 2.21. The van der Waals surface area contributed by atoms with Crippen LogP contribution in [0.3, 0.4) is 0 Å². The number of fused-ring (bicyclic) bond motifs is 1. The van der Waals surface area contributed by atoms with Crippen LogP contribution in [0.25, 0.3) is 10.8 Å². The van der Waals surface area contributed by atoms with Crippen LogP contribution in [0.1, 0.15) is 10.4 Å². The lowest BCUT2D eigenvalue weighted by molar-refractivity contribution is -0.109. The Bertz CT molecular complexity index is 566. The second kappa shape index (κ2) is 6.24. The number of carboxylic acid groups (broad SMARTS) is 1. The van der Waals surface area contributed by atoms with Gasteiger partial charge in [-0.25, -0.2) is 4.79 Å². The number of nitrogens with one attached hydrogen (secondary N) is 1. The molecule has 0 heterocycles. The monoisotopic (exact) mass is 247 g/mol. The van der Waals surface area contributed by atoms with Gasteiger partial charge in [-0.05, 0) is 22.9 Å². The van der Waals surface area contributed by atoms with Gasteiger partial charge in [0.15, 0.2) is 0 Å². The fraction of sp³-hybridized carbons (Fsp3) is 0.0769. The Balaban J connectivity index is 0.000000357. The van der Waals surface area contributed by atoms with Crippen molar-refractivity contribution in [3.8, 4) is 5.75 Å². The maximum absolute atomic E-state index is 10.7. The fourth-order valence-electron chi connectivity index (χ4n) is 1.40. The number of aromatic carboxylic acids is 1. The van der Waals surface area contributed by atoms with Crippen molar-refractivity contribution in [1.82, 2.24) is 5.32 Å². The number of benzene rings is 2. The van der Waals surface area contributed by atoms with E-state index in [2.05, 4.69) is 5.32 Å². The van der Waals surface area contributed by atoms with E-state index < -0.39 is 5.97 Å². The van der Waals surface area contributed by atoms with E-state index in [4.69, 9.17) is 9.90 Å². The molecule has 0 spiro atoms. The minimum absolute atomic E-state index is 0.0660. The first kappa shape index (κ1) is 13.5. The van der Waals surface area contributed by atoms with Gasteiger partial charge in [0.25, 0.3) is 0 Å². The number of hydrogen-bond acceptors (Lipinski definition) is 3. The Hall–Kier alpha value is -2.56. The first-order valence-corrected chi connectivity index (χ1v) is 5.16. The lowest BCUT2D eigenvalue weighted by Crippen LogP contribution is -1.98. The normalized spacial score (nSPS) is 9.17. The molecule has 0 aliphatic heterocycles. The van der Waals surface area contributed by atoms with Crippen LogP contribution in [0.5, 0.6) is 5.75 Å². The highest BCUT2D eigenvalue weighted by Gasteiger charge is 2.09. The Kier molecular flexibility index (Phi) is 4.68. The highest BCUT2D eigenvalue weighted by Crippen LogP contribution is 2.24. The fourth-order valence-corrected chi connectivity index (χ4v) is 1.40. The lowest BCUT2D eigenvalue weighted by atomic mass is 10.1. The Morgan fingerprint density at radius 3 is 2.17 bits per heavy atom. The second-order valence-electron chi connectivity index (χ2n) is 3.43. The lowest BCUT2D eigenvalue weighted by Gasteiger charge is -2.02. The molecule has 0 bridgehead atoms. The van der Waals surface area contributed by atoms with Gasteiger partial charge in [-0.3, -0.25) is 4.79 Å². The molecule has 0 saturated heterocycles. The van der Waals surface area contributed by atoms with Gasteiger partial charge in [0.2, 0.25) is 6.41 Å². The highest BCUT2D eigenvalue weighted by molar-refractivity contribution is 5.97. The van der Waals surface area contributed by atoms with Gasteiger partial charge in [-0.1, -0.05) is 24.3 Å². The summed E-state index contributed by atoms with van der Waals surface area (Å²) in [6.07, 6.45) is 0.625. The molecule has 94 valence electrons. The maximum Gasteiger partial charge on any atom is 0.339 e. The van der Waals surface area contributed by atoms with Crippen molar-refractivity contribution in [3.05, 3.63) is 42.0 Å². The topological polar surface area (TPSA) is 86.6 Å². The average Bonchev–Trinajstić information content (AvgIpc) is 2.38. The number of hydrogen-bond donors (Lipinski definition) is 3. The van der Waals surface area contributed by atoms with Gasteiger partial charge < -0.3 is 15.5 Å². The van der Waals surface area contributed by atoms with E-state index in [1.165, 1.54) is 12.1 Å². The van der Waals surface area contributed by atoms with Crippen molar-refractivity contribution >= 4 is 23.2 Å². The number of aromatic hydroxyl groups is 1. The largest absolute Gasteiger partial charge is 0.507 e. The van der Waals surface area contributed by atoms with Crippen molar-refractivity contribution in [2.75, 3.05) is 7.05 Å². The molecule has 0 aliphatic rings. The van der Waals surface area contributed by atoms with Gasteiger partial charge in [0.05, 0.1) is 0 Å². The molecule has 2 rings (SSSR count). The van der Waals surface area contributed by atoms with Crippen LogP contribution in [-0.2, 0) is 4.79 Å². The Labute approximate surface area is 104 Å². The highest BCUT2D eigenvalue weighted by atomic mass is 16.4. The minimum Gasteiger partial charge on any atom is -0.507 e. The van der Waals surface area contributed by atoms with E-state index in [1.54, 1.807) is 13.1 Å². The molecule has 0 aliphatic carbocycles. The van der Waals surface area contributed by atoms with Gasteiger partial charge in [0.1, 0.15) is 11.3 Å². The summed E-state index contributed by atoms with van der Waals surface area (Å²) in [4.78, 5) is 19.8. The summed E-state index contributed by atoms with van der Waals surface area (Å²) >= 11 is 0. The third kappa shape index (κ3) is 3.21. The molecule has 0 atom stereocenters. The Morgan fingerprint density at radius 1 is 1.22 bits per heavy atom. The predicted octanol–water partition coefficient (Wildman–Crippen LogP) is 1.61. The van der Waals surface area contributed by atoms with Crippen molar-refractivity contribution in [2.24, 2.45) is 0 Å². The summed E-state index contributed by atoms with van der Waals surface area (Å²) < 4.78 is 0. The van der Waals surface area contributed by atoms with Crippen LogP contribution < -0.4 is 5.32 Å². The van der Waals surface area contributed by atoms with E-state index in [-0.39, 0.29) is 11.3 Å². The van der Waals surface area contributed by atoms with E-state index >= 15 is 0 Å². The van der Waals surface area contributed by atoms with Crippen molar-refractivity contribution in [2.45, 2.75) is 0 Å². The summed E-state index contributed by atoms with van der Waals surface area (Å²) in [5, 5.41) is 22.0. The number of phenols is 1. The first-order chi connectivity index (χ1) is 8.60. The third-order valence-corrected chi connectivity index (χ3v) is 2.21. The molecule has 1 amide bonds. The molecule has 0 unspecified atom stereocenters. The molecule has 5 heteroatoms. The Morgan fingerprint density at radius 2 is 1.72 bits per heavy atom. The zero-order valence-corrected chi connectivity index (χ0v) is 9.75. The zero-order chi connectivity index (χ0) is 13.5. The van der Waals surface area contributed by atoms with Crippen molar-refractivity contribution < 1.29 is 19.8 Å². The molecular weight excluding hydrogens is 234 g/mol. The summed E-state index contributed by atoms with van der Waals surface area (Å²) in [6, 6.07) is 10.2. The molecular formula is C13H13NO4. The molecule has 0 fully saturated rings. The van der Waals surface area contributed by atoms with Gasteiger partial charge in [0, 0.05) is 7.05 Å². The predicted molar refractivity (Wildman–Crippen MR) is 67.7 cm³/mol. The van der Waals surface area contributed by atoms with Crippen molar-refractivity contribution in [1.29, 1.82) is 0 Å². The molecule has 2 aromatic rings. The van der Waals surface area contributed by atoms with Crippen LogP contribution in [0.4, 0.5) is 0 Å². The van der Waals surface area contributed by atoms with E-state index in [1.807, 2.05) is 18.2 Å². The van der Waals surface area contributed by atoms with Crippen LogP contribution in [0, 0.1) is 0 Å². The van der Waals surface area contributed by atoms with Crippen LogP contribution in [0.15, 0.2) is 36.4 Å². The molecule has 0 aromatic heterocycles. The SMILES string of the molecule is CNC=O.O=C(O)c1cc2ccccc2cc1O. The number of rotatable bonds is 2. The smallest absolute Gasteiger partial charge is 0.339 e. The van der Waals surface area contributed by atoms with Crippen LogP contribution in [0.2, 0.25) is 0 Å². The minimum atomic E-state index is -1.12. The van der Waals surface area contributed by atoms with Crippen molar-refractivity contribution in [3.63, 3.8) is 0 Å². The number of amides is 1. The summed E-state index contributed by atoms with van der Waals surface area (Å²) in [6.45, 7) is 0. The molecule has 0 saturated carbocycles. The second-order valence-corrected chi connectivity index (χ2v) is 3.43. The summed E-state index contributed by atoms with van der Waals surface area (Å²) in [5.74, 6) is -1.32. The molecule has 2 aromatic carbocycles. The van der Waals surface area contributed by atoms with Crippen LogP contribution >= 0.6 is 0 Å². The van der Waals surface area contributed by atoms with E-state index in [0.717, 1.165) is 10.8 Å². The van der Waals surface area contributed by atoms with E-state index in [9.17, 15) is 9.90 Å². The van der Waals surface area contributed by atoms with E-state index in [0.29, 0.717) is 6.41 Å². The standard InChI is InChI=1S/C11H8O3.C2H5NO/c12-10-6-8-4-2-1-3-7(8)5-9(10)11(13)14;1-3-2-4/h1-6,12H,(H,13,14);2H,1H3,(H,3,4). The number of carbonyl (C=O) groups excluding carboxylic acids is 1. The molecule has 18 heavy (non-hydrogen) atoms. The number of carboxylic acids is 1. The average molecular weight is 247 g/mol. The number of carbonyl (C=O) groups is 2. The van der Waals surface area contributed by atoms with Gasteiger partial charge >= 0.3 is 5.97 Å². The summed E-state index contributed by atoms with van der Waals surface area (Å²) in [5.41, 5.74) is -0.0660. The summed E-state index contributed by atoms with van der Waals surface area (Å²) in [7, 11) is 1.56. The molecule has 5 nitrogen and oxygen atoms in total. The zero-order valence-electron chi connectivity index (χ0n) is 9.75. The van der Waals surface area contributed by atoms with Gasteiger partial charge in [-0.2, -0.15) is 0 Å².